The summed E-state index contributed by atoms with van der Waals surface area (Å²) in [5.41, 5.74) is -1.87. The highest BCUT2D eigenvalue weighted by Gasteiger charge is 2.36. The largest absolute Gasteiger partial charge is 0.456 e. The number of nitrogens with zero attached hydrogens (tertiary/aromatic N) is 2. The molecule has 0 spiro atoms. The Morgan fingerprint density at radius 2 is 1.56 bits per heavy atom. The summed E-state index contributed by atoms with van der Waals surface area (Å²) in [6, 6.07) is 19.7. The number of hydrogen-bond acceptors (Lipinski definition) is 5. The van der Waals surface area contributed by atoms with Crippen molar-refractivity contribution in [1.29, 1.82) is 0 Å². The number of Topliss-reactive ketones (excluding diaryl/α,β-unsaturated/α-hetero) is 1. The van der Waals surface area contributed by atoms with E-state index in [1.54, 1.807) is 41.0 Å². The summed E-state index contributed by atoms with van der Waals surface area (Å²) in [5.74, 6) is -1.21. The predicted molar refractivity (Wildman–Crippen MR) is 144 cm³/mol. The Kier molecular flexibility index (Phi) is 7.54. The summed E-state index contributed by atoms with van der Waals surface area (Å²) < 4.78 is 7.81. The molecule has 0 saturated heterocycles. The number of ketones is 1. The lowest BCUT2D eigenvalue weighted by Crippen LogP contribution is -2.53. The number of ether oxygens (including phenoxy) is 1. The fourth-order valence-electron chi connectivity index (χ4n) is 4.23. The maximum Gasteiger partial charge on any atom is 0.332 e. The molecule has 0 aliphatic rings. The van der Waals surface area contributed by atoms with Gasteiger partial charge >= 0.3 is 11.7 Å². The van der Waals surface area contributed by atoms with Crippen molar-refractivity contribution in [2.75, 3.05) is 11.9 Å². The van der Waals surface area contributed by atoms with Crippen LogP contribution < -0.4 is 11.2 Å². The SMILES string of the molecule is CC(C)(C(=O)OCC(=O)c1ccccc1)n1c(=O)c2cc3ccccc3cc2n(CCCCBr)c1=O. The fourth-order valence-corrected chi connectivity index (χ4v) is 4.63. The van der Waals surface area contributed by atoms with Crippen molar-refractivity contribution in [3.05, 3.63) is 93.1 Å². The van der Waals surface area contributed by atoms with Crippen LogP contribution in [0.15, 0.2) is 76.3 Å². The lowest BCUT2D eigenvalue weighted by Gasteiger charge is -2.26. The zero-order chi connectivity index (χ0) is 25.9. The first-order valence-electron chi connectivity index (χ1n) is 11.8. The molecule has 1 heterocycles. The fraction of sp³-hybridized carbons (Fsp3) is 0.286. The van der Waals surface area contributed by atoms with Crippen LogP contribution in [0.4, 0.5) is 0 Å². The minimum Gasteiger partial charge on any atom is -0.456 e. The molecule has 0 saturated carbocycles. The van der Waals surface area contributed by atoms with Crippen molar-refractivity contribution in [3.8, 4) is 0 Å². The summed E-state index contributed by atoms with van der Waals surface area (Å²) in [6.45, 7) is 2.82. The summed E-state index contributed by atoms with van der Waals surface area (Å²) >= 11 is 3.42. The number of aryl methyl sites for hydroxylation is 1. The van der Waals surface area contributed by atoms with Gasteiger partial charge < -0.3 is 4.74 Å². The Bertz CT molecular complexity index is 1550. The number of aromatic nitrogens is 2. The van der Waals surface area contributed by atoms with E-state index >= 15 is 0 Å². The van der Waals surface area contributed by atoms with Gasteiger partial charge in [-0.3, -0.25) is 14.2 Å². The normalized spacial score (nSPS) is 11.6. The zero-order valence-electron chi connectivity index (χ0n) is 20.2. The van der Waals surface area contributed by atoms with E-state index in [-0.39, 0.29) is 5.78 Å². The zero-order valence-corrected chi connectivity index (χ0v) is 21.8. The average molecular weight is 551 g/mol. The van der Waals surface area contributed by atoms with Crippen LogP contribution >= 0.6 is 15.9 Å². The maximum absolute atomic E-state index is 13.7. The van der Waals surface area contributed by atoms with Gasteiger partial charge in [0, 0.05) is 17.4 Å². The van der Waals surface area contributed by atoms with E-state index in [0.29, 0.717) is 29.4 Å². The summed E-state index contributed by atoms with van der Waals surface area (Å²) in [6.07, 6.45) is 1.55. The van der Waals surface area contributed by atoms with E-state index in [4.69, 9.17) is 4.74 Å². The van der Waals surface area contributed by atoms with E-state index in [2.05, 4.69) is 15.9 Å². The molecule has 4 rings (SSSR count). The highest BCUT2D eigenvalue weighted by atomic mass is 79.9. The topological polar surface area (TPSA) is 87.4 Å². The molecule has 7 nitrogen and oxygen atoms in total. The Labute approximate surface area is 216 Å². The van der Waals surface area contributed by atoms with Crippen LogP contribution in [0.2, 0.25) is 0 Å². The predicted octanol–water partition coefficient (Wildman–Crippen LogP) is 4.65. The molecule has 0 unspecified atom stereocenters. The number of esters is 1. The molecular formula is C28H27BrN2O5. The second-order valence-electron chi connectivity index (χ2n) is 9.11. The minimum absolute atomic E-state index is 0.341. The van der Waals surface area contributed by atoms with E-state index in [0.717, 1.165) is 27.1 Å². The number of rotatable bonds is 9. The molecule has 36 heavy (non-hydrogen) atoms. The van der Waals surface area contributed by atoms with Gasteiger partial charge in [0.15, 0.2) is 12.4 Å². The van der Waals surface area contributed by atoms with E-state index in [1.807, 2.05) is 30.3 Å². The van der Waals surface area contributed by atoms with Gasteiger partial charge in [-0.2, -0.15) is 0 Å². The molecule has 0 aliphatic carbocycles. The molecule has 0 bridgehead atoms. The molecular weight excluding hydrogens is 524 g/mol. The van der Waals surface area contributed by atoms with Crippen LogP contribution in [-0.2, 0) is 21.6 Å². The van der Waals surface area contributed by atoms with Crippen molar-refractivity contribution in [3.63, 3.8) is 0 Å². The van der Waals surface area contributed by atoms with Gasteiger partial charge in [-0.25, -0.2) is 14.2 Å². The third-order valence-corrected chi connectivity index (χ3v) is 6.83. The van der Waals surface area contributed by atoms with Crippen molar-refractivity contribution < 1.29 is 14.3 Å². The van der Waals surface area contributed by atoms with Crippen molar-refractivity contribution >= 4 is 49.4 Å². The monoisotopic (exact) mass is 550 g/mol. The van der Waals surface area contributed by atoms with Crippen LogP contribution in [0.5, 0.6) is 0 Å². The molecule has 8 heteroatoms. The molecule has 0 aliphatic heterocycles. The molecule has 0 amide bonds. The summed E-state index contributed by atoms with van der Waals surface area (Å²) in [7, 11) is 0. The minimum atomic E-state index is -1.64. The Hall–Kier alpha value is -3.52. The van der Waals surface area contributed by atoms with Crippen LogP contribution in [0.25, 0.3) is 21.7 Å². The van der Waals surface area contributed by atoms with E-state index in [1.165, 1.54) is 13.8 Å². The van der Waals surface area contributed by atoms with Gasteiger partial charge in [0.05, 0.1) is 10.9 Å². The highest BCUT2D eigenvalue weighted by Crippen LogP contribution is 2.22. The van der Waals surface area contributed by atoms with E-state index < -0.39 is 29.4 Å². The molecule has 186 valence electrons. The number of fused-ring (bicyclic) bond motifs is 2. The van der Waals surface area contributed by atoms with Gasteiger partial charge in [0.2, 0.25) is 0 Å². The molecule has 0 N–H and O–H groups in total. The summed E-state index contributed by atoms with van der Waals surface area (Å²) in [5, 5.41) is 2.89. The standard InChI is InChI=1S/C28H27BrN2O5/c1-28(2,26(34)36-18-24(32)19-10-4-3-5-11-19)31-25(33)22-16-20-12-6-7-13-21(20)17-23(22)30(27(31)35)15-9-8-14-29/h3-7,10-13,16-17H,8-9,14-15,18H2,1-2H3. The quantitative estimate of drug-likeness (QED) is 0.0994. The van der Waals surface area contributed by atoms with Crippen LogP contribution in [0.1, 0.15) is 37.0 Å². The Morgan fingerprint density at radius 3 is 2.22 bits per heavy atom. The number of benzene rings is 3. The van der Waals surface area contributed by atoms with Crippen molar-refractivity contribution in [1.82, 2.24) is 9.13 Å². The average Bonchev–Trinajstić information content (AvgIpc) is 2.88. The molecule has 3 aromatic carbocycles. The van der Waals surface area contributed by atoms with Crippen LogP contribution in [0.3, 0.4) is 0 Å². The first kappa shape index (κ1) is 25.6. The van der Waals surface area contributed by atoms with Gasteiger partial charge in [-0.15, -0.1) is 0 Å². The Morgan fingerprint density at radius 1 is 0.917 bits per heavy atom. The van der Waals surface area contributed by atoms with Crippen LogP contribution in [0, 0.1) is 0 Å². The number of alkyl halides is 1. The van der Waals surface area contributed by atoms with Gasteiger partial charge in [-0.05, 0) is 49.6 Å². The Balaban J connectivity index is 1.79. The number of carbonyl (C=O) groups excluding carboxylic acids is 2. The molecule has 1 aromatic heterocycles. The first-order valence-corrected chi connectivity index (χ1v) is 12.9. The second kappa shape index (κ2) is 10.6. The second-order valence-corrected chi connectivity index (χ2v) is 9.90. The third-order valence-electron chi connectivity index (χ3n) is 6.26. The number of hydrogen-bond donors (Lipinski definition) is 0. The van der Waals surface area contributed by atoms with Crippen molar-refractivity contribution in [2.24, 2.45) is 0 Å². The number of carbonyl (C=O) groups is 2. The van der Waals surface area contributed by atoms with Crippen LogP contribution in [-0.4, -0.2) is 32.8 Å². The van der Waals surface area contributed by atoms with Gasteiger partial charge in [-0.1, -0.05) is 70.5 Å². The number of halogens is 1. The smallest absolute Gasteiger partial charge is 0.332 e. The van der Waals surface area contributed by atoms with Crippen molar-refractivity contribution in [2.45, 2.75) is 38.8 Å². The lowest BCUT2D eigenvalue weighted by molar-refractivity contribution is -0.151. The maximum atomic E-state index is 13.7. The molecule has 0 atom stereocenters. The molecule has 0 radical (unpaired) electrons. The first-order chi connectivity index (χ1) is 17.3. The number of unbranched alkanes of at least 4 members (excludes halogenated alkanes) is 1. The third kappa shape index (κ3) is 4.91. The van der Waals surface area contributed by atoms with Gasteiger partial charge in [0.25, 0.3) is 5.56 Å². The molecule has 4 aromatic rings. The van der Waals surface area contributed by atoms with Gasteiger partial charge in [0.1, 0.15) is 5.54 Å². The lowest BCUT2D eigenvalue weighted by atomic mass is 10.0. The highest BCUT2D eigenvalue weighted by molar-refractivity contribution is 9.09. The van der Waals surface area contributed by atoms with E-state index in [9.17, 15) is 19.2 Å². The summed E-state index contributed by atoms with van der Waals surface area (Å²) in [4.78, 5) is 52.9. The molecule has 0 fully saturated rings.